The number of hydrogen-bond donors (Lipinski definition) is 0. The Balaban J connectivity index is 2.29. The third kappa shape index (κ3) is 2.18. The van der Waals surface area contributed by atoms with E-state index in [0.29, 0.717) is 11.3 Å². The first-order valence-corrected chi connectivity index (χ1v) is 4.57. The minimum Gasteiger partial charge on any atom is -0.204 e. The first kappa shape index (κ1) is 10.6. The number of aromatic nitrogens is 2. The molecule has 82 valence electrons. The Morgan fingerprint density at radius 1 is 1.06 bits per heavy atom. The Labute approximate surface area is 89.8 Å². The lowest BCUT2D eigenvalue weighted by molar-refractivity contribution is 0.445. The summed E-state index contributed by atoms with van der Waals surface area (Å²) in [5.74, 6) is -3.85. The fourth-order valence-electron chi connectivity index (χ4n) is 1.35. The summed E-state index contributed by atoms with van der Waals surface area (Å²) in [6.07, 6.45) is 1.71. The van der Waals surface area contributed by atoms with Crippen molar-refractivity contribution in [3.05, 3.63) is 59.2 Å². The fraction of sp³-hybridized carbons (Fsp3) is 0.0909. The molecule has 0 radical (unpaired) electrons. The van der Waals surface area contributed by atoms with E-state index in [9.17, 15) is 13.2 Å². The maximum absolute atomic E-state index is 12.9. The number of nitrogens with zero attached hydrogens (tertiary/aromatic N) is 2. The highest BCUT2D eigenvalue weighted by Crippen LogP contribution is 2.15. The highest BCUT2D eigenvalue weighted by molar-refractivity contribution is 5.23. The van der Waals surface area contributed by atoms with Gasteiger partial charge in [0.25, 0.3) is 0 Å². The Hall–Kier alpha value is -1.91. The first-order valence-electron chi connectivity index (χ1n) is 4.57. The molecule has 0 unspecified atom stereocenters. The van der Waals surface area contributed by atoms with Gasteiger partial charge in [-0.05, 0) is 29.8 Å². The summed E-state index contributed by atoms with van der Waals surface area (Å²) < 4.78 is 38.5. The zero-order chi connectivity index (χ0) is 11.5. The lowest BCUT2D eigenvalue weighted by atomic mass is 10.1. The first-order chi connectivity index (χ1) is 7.66. The van der Waals surface area contributed by atoms with Crippen LogP contribution >= 0.6 is 0 Å². The summed E-state index contributed by atoms with van der Waals surface area (Å²) in [4.78, 5) is 0. The van der Waals surface area contributed by atoms with Crippen LogP contribution in [0.5, 0.6) is 0 Å². The van der Waals surface area contributed by atoms with E-state index in [2.05, 4.69) is 10.2 Å². The summed E-state index contributed by atoms with van der Waals surface area (Å²) in [7, 11) is 0. The van der Waals surface area contributed by atoms with Gasteiger partial charge in [-0.2, -0.15) is 10.2 Å². The van der Waals surface area contributed by atoms with E-state index in [1.54, 1.807) is 12.1 Å². The van der Waals surface area contributed by atoms with Crippen molar-refractivity contribution in [2.75, 3.05) is 0 Å². The van der Waals surface area contributed by atoms with Gasteiger partial charge in [-0.15, -0.1) is 0 Å². The molecule has 0 aliphatic carbocycles. The van der Waals surface area contributed by atoms with Gasteiger partial charge in [0.2, 0.25) is 0 Å². The SMILES string of the molecule is Fc1cc(Cc2cccnn2)cc(F)c1F. The largest absolute Gasteiger partial charge is 0.204 e. The van der Waals surface area contributed by atoms with Crippen molar-refractivity contribution in [1.82, 2.24) is 10.2 Å². The molecule has 0 bridgehead atoms. The van der Waals surface area contributed by atoms with Crippen molar-refractivity contribution in [3.8, 4) is 0 Å². The van der Waals surface area contributed by atoms with Crippen molar-refractivity contribution >= 4 is 0 Å². The highest BCUT2D eigenvalue weighted by atomic mass is 19.2. The smallest absolute Gasteiger partial charge is 0.194 e. The summed E-state index contributed by atoms with van der Waals surface area (Å²) in [5, 5.41) is 7.40. The van der Waals surface area contributed by atoms with Crippen LogP contribution in [0, 0.1) is 17.5 Å². The van der Waals surface area contributed by atoms with Crippen LogP contribution in [0.15, 0.2) is 30.5 Å². The normalized spacial score (nSPS) is 10.4. The molecule has 0 atom stereocenters. The van der Waals surface area contributed by atoms with E-state index in [1.807, 2.05) is 0 Å². The molecule has 2 nitrogen and oxygen atoms in total. The van der Waals surface area contributed by atoms with E-state index in [-0.39, 0.29) is 6.42 Å². The maximum Gasteiger partial charge on any atom is 0.194 e. The van der Waals surface area contributed by atoms with Gasteiger partial charge >= 0.3 is 0 Å². The van der Waals surface area contributed by atoms with Crippen LogP contribution in [0.25, 0.3) is 0 Å². The molecule has 1 aromatic carbocycles. The van der Waals surface area contributed by atoms with Gasteiger partial charge in [0, 0.05) is 12.6 Å². The van der Waals surface area contributed by atoms with Gasteiger partial charge in [-0.25, -0.2) is 13.2 Å². The summed E-state index contributed by atoms with van der Waals surface area (Å²) in [6.45, 7) is 0. The maximum atomic E-state index is 12.9. The molecule has 0 saturated carbocycles. The van der Waals surface area contributed by atoms with Crippen LogP contribution in [0.4, 0.5) is 13.2 Å². The molecule has 2 rings (SSSR count). The average Bonchev–Trinajstić information content (AvgIpc) is 2.27. The highest BCUT2D eigenvalue weighted by Gasteiger charge is 2.10. The van der Waals surface area contributed by atoms with Crippen molar-refractivity contribution < 1.29 is 13.2 Å². The molecular formula is C11H7F3N2. The molecule has 0 aliphatic rings. The second-order valence-electron chi connectivity index (χ2n) is 3.27. The third-order valence-corrected chi connectivity index (χ3v) is 2.06. The van der Waals surface area contributed by atoms with E-state index < -0.39 is 17.5 Å². The van der Waals surface area contributed by atoms with E-state index in [4.69, 9.17) is 0 Å². The van der Waals surface area contributed by atoms with Crippen LogP contribution in [0.1, 0.15) is 11.3 Å². The second-order valence-corrected chi connectivity index (χ2v) is 3.27. The minimum atomic E-state index is -1.46. The molecule has 0 saturated heterocycles. The zero-order valence-electron chi connectivity index (χ0n) is 8.12. The molecule has 0 amide bonds. The molecule has 5 heteroatoms. The van der Waals surface area contributed by atoms with Gasteiger partial charge in [0.05, 0.1) is 5.69 Å². The van der Waals surface area contributed by atoms with Crippen molar-refractivity contribution in [2.45, 2.75) is 6.42 Å². The number of rotatable bonds is 2. The van der Waals surface area contributed by atoms with Gasteiger partial charge in [0.1, 0.15) is 0 Å². The van der Waals surface area contributed by atoms with E-state index >= 15 is 0 Å². The van der Waals surface area contributed by atoms with Gasteiger partial charge < -0.3 is 0 Å². The van der Waals surface area contributed by atoms with Gasteiger partial charge in [-0.1, -0.05) is 0 Å². The van der Waals surface area contributed by atoms with E-state index in [1.165, 1.54) is 6.20 Å². The van der Waals surface area contributed by atoms with Crippen LogP contribution in [-0.2, 0) is 6.42 Å². The van der Waals surface area contributed by atoms with Crippen LogP contribution < -0.4 is 0 Å². The van der Waals surface area contributed by atoms with Crippen molar-refractivity contribution in [2.24, 2.45) is 0 Å². The Kier molecular flexibility index (Phi) is 2.85. The topological polar surface area (TPSA) is 25.8 Å². The summed E-state index contributed by atoms with van der Waals surface area (Å²) >= 11 is 0. The van der Waals surface area contributed by atoms with Crippen molar-refractivity contribution in [1.29, 1.82) is 0 Å². The predicted octanol–water partition coefficient (Wildman–Crippen LogP) is 2.48. The molecule has 0 fully saturated rings. The van der Waals surface area contributed by atoms with Crippen LogP contribution in [-0.4, -0.2) is 10.2 Å². The molecule has 0 N–H and O–H groups in total. The van der Waals surface area contributed by atoms with Gasteiger partial charge in [-0.3, -0.25) is 0 Å². The Morgan fingerprint density at radius 2 is 1.75 bits per heavy atom. The third-order valence-electron chi connectivity index (χ3n) is 2.06. The number of halogens is 3. The van der Waals surface area contributed by atoms with Gasteiger partial charge in [0.15, 0.2) is 17.5 Å². The summed E-state index contributed by atoms with van der Waals surface area (Å²) in [5.41, 5.74) is 0.879. The standard InChI is InChI=1S/C11H7F3N2/c12-9-5-7(6-10(13)11(9)14)4-8-2-1-3-15-16-8/h1-3,5-6H,4H2. The molecule has 1 aromatic heterocycles. The second kappa shape index (κ2) is 4.30. The minimum absolute atomic E-state index is 0.210. The van der Waals surface area contributed by atoms with E-state index in [0.717, 1.165) is 12.1 Å². The molecule has 1 heterocycles. The molecule has 2 aromatic rings. The monoisotopic (exact) mass is 224 g/mol. The lowest BCUT2D eigenvalue weighted by Crippen LogP contribution is -1.98. The zero-order valence-corrected chi connectivity index (χ0v) is 8.12. The fourth-order valence-corrected chi connectivity index (χ4v) is 1.35. The number of benzene rings is 1. The molecule has 16 heavy (non-hydrogen) atoms. The van der Waals surface area contributed by atoms with Crippen molar-refractivity contribution in [3.63, 3.8) is 0 Å². The molecular weight excluding hydrogens is 217 g/mol. The van der Waals surface area contributed by atoms with Crippen LogP contribution in [0.3, 0.4) is 0 Å². The lowest BCUT2D eigenvalue weighted by Gasteiger charge is -2.02. The number of hydrogen-bond acceptors (Lipinski definition) is 2. The molecule has 0 spiro atoms. The molecule has 0 aliphatic heterocycles. The Morgan fingerprint density at radius 3 is 2.31 bits per heavy atom. The summed E-state index contributed by atoms with van der Waals surface area (Å²) in [6, 6.07) is 5.24. The average molecular weight is 224 g/mol. The predicted molar refractivity (Wildman–Crippen MR) is 51.2 cm³/mol. The Bertz CT molecular complexity index is 477. The van der Waals surface area contributed by atoms with Crippen LogP contribution in [0.2, 0.25) is 0 Å². The quantitative estimate of drug-likeness (QED) is 0.732.